The van der Waals surface area contributed by atoms with Crippen LogP contribution in [0.4, 0.5) is 16.2 Å². The Bertz CT molecular complexity index is 1090. The molecule has 1 unspecified atom stereocenters. The summed E-state index contributed by atoms with van der Waals surface area (Å²) in [6, 6.07) is 22.4. The van der Waals surface area contributed by atoms with Crippen LogP contribution in [0.5, 0.6) is 0 Å². The van der Waals surface area contributed by atoms with Gasteiger partial charge in [-0.15, -0.1) is 11.8 Å². The number of hydrogen-bond acceptors (Lipinski definition) is 4. The van der Waals surface area contributed by atoms with Crippen molar-refractivity contribution in [1.29, 1.82) is 0 Å². The molecule has 8 heteroatoms. The highest BCUT2D eigenvalue weighted by Gasteiger charge is 2.17. The van der Waals surface area contributed by atoms with Crippen molar-refractivity contribution in [3.8, 4) is 0 Å². The zero-order valence-electron chi connectivity index (χ0n) is 16.4. The number of benzene rings is 3. The number of urea groups is 1. The Labute approximate surface area is 183 Å². The summed E-state index contributed by atoms with van der Waals surface area (Å²) in [5, 5.41) is 14.3. The van der Waals surface area contributed by atoms with Gasteiger partial charge in [-0.05, 0) is 42.0 Å². The lowest BCUT2D eigenvalue weighted by Crippen LogP contribution is -2.19. The number of aliphatic carboxylic acids is 1. The quantitative estimate of drug-likeness (QED) is 0.381. The minimum atomic E-state index is -0.879. The fourth-order valence-electron chi connectivity index (χ4n) is 2.95. The van der Waals surface area contributed by atoms with Crippen LogP contribution in [-0.4, -0.2) is 23.0 Å². The van der Waals surface area contributed by atoms with E-state index in [9.17, 15) is 19.5 Å². The molecule has 0 spiro atoms. The van der Waals surface area contributed by atoms with Gasteiger partial charge < -0.3 is 21.5 Å². The summed E-state index contributed by atoms with van der Waals surface area (Å²) in [5.74, 6) is -1.23. The predicted molar refractivity (Wildman–Crippen MR) is 121 cm³/mol. The van der Waals surface area contributed by atoms with Crippen LogP contribution in [-0.2, 0) is 4.79 Å². The number of rotatable bonds is 8. The first-order valence-corrected chi connectivity index (χ1v) is 10.3. The second-order valence-electron chi connectivity index (χ2n) is 6.67. The first kappa shape index (κ1) is 21.9. The van der Waals surface area contributed by atoms with Crippen molar-refractivity contribution in [2.75, 3.05) is 10.6 Å². The Morgan fingerprint density at radius 1 is 0.871 bits per heavy atom. The molecule has 0 aliphatic heterocycles. The van der Waals surface area contributed by atoms with E-state index in [0.717, 1.165) is 10.5 Å². The average molecular weight is 436 g/mol. The van der Waals surface area contributed by atoms with E-state index >= 15 is 0 Å². The Balaban J connectivity index is 1.74. The second kappa shape index (κ2) is 10.3. The van der Waals surface area contributed by atoms with Gasteiger partial charge in [-0.1, -0.05) is 42.5 Å². The number of anilines is 2. The van der Waals surface area contributed by atoms with E-state index in [4.69, 9.17) is 5.73 Å². The van der Waals surface area contributed by atoms with Gasteiger partial charge in [0.15, 0.2) is 0 Å². The summed E-state index contributed by atoms with van der Waals surface area (Å²) in [7, 11) is 0. The van der Waals surface area contributed by atoms with Crippen molar-refractivity contribution < 1.29 is 19.5 Å². The number of nitrogens with one attached hydrogen (secondary N) is 2. The van der Waals surface area contributed by atoms with Crippen molar-refractivity contribution in [3.05, 3.63) is 90.0 Å². The van der Waals surface area contributed by atoms with Crippen LogP contribution in [0.25, 0.3) is 0 Å². The summed E-state index contributed by atoms with van der Waals surface area (Å²) in [6.45, 7) is 0. The monoisotopic (exact) mass is 435 g/mol. The summed E-state index contributed by atoms with van der Waals surface area (Å²) in [5.41, 5.74) is 7.39. The molecule has 0 bridgehead atoms. The smallest absolute Gasteiger partial charge is 0.316 e. The van der Waals surface area contributed by atoms with Crippen molar-refractivity contribution in [2.45, 2.75) is 16.6 Å². The molecule has 3 aromatic rings. The van der Waals surface area contributed by atoms with Gasteiger partial charge in [-0.2, -0.15) is 0 Å². The Morgan fingerprint density at radius 2 is 1.55 bits per heavy atom. The molecule has 0 aliphatic rings. The normalized spacial score (nSPS) is 11.4. The molecular weight excluding hydrogens is 414 g/mol. The summed E-state index contributed by atoms with van der Waals surface area (Å²) >= 11 is 1.42. The van der Waals surface area contributed by atoms with E-state index in [2.05, 4.69) is 10.6 Å². The van der Waals surface area contributed by atoms with E-state index in [1.807, 2.05) is 36.4 Å². The number of carboxylic acid groups (broad SMARTS) is 1. The first-order chi connectivity index (χ1) is 14.9. The maximum absolute atomic E-state index is 12.6. The van der Waals surface area contributed by atoms with Crippen LogP contribution in [0.3, 0.4) is 0 Å². The molecule has 31 heavy (non-hydrogen) atoms. The zero-order chi connectivity index (χ0) is 22.2. The van der Waals surface area contributed by atoms with Crippen LogP contribution in [0.2, 0.25) is 0 Å². The predicted octanol–water partition coefficient (Wildman–Crippen LogP) is 4.74. The molecule has 3 amide bonds. The van der Waals surface area contributed by atoms with E-state index in [0.29, 0.717) is 16.9 Å². The van der Waals surface area contributed by atoms with Gasteiger partial charge in [0.05, 0.1) is 6.42 Å². The summed E-state index contributed by atoms with van der Waals surface area (Å²) < 4.78 is 0. The van der Waals surface area contributed by atoms with Gasteiger partial charge >= 0.3 is 12.0 Å². The lowest BCUT2D eigenvalue weighted by molar-refractivity contribution is -0.137. The van der Waals surface area contributed by atoms with Gasteiger partial charge in [0, 0.05) is 27.1 Å². The molecule has 0 heterocycles. The molecule has 0 saturated heterocycles. The van der Waals surface area contributed by atoms with E-state index < -0.39 is 12.0 Å². The molecule has 0 aromatic heterocycles. The topological polar surface area (TPSA) is 122 Å². The number of hydrogen-bond donors (Lipinski definition) is 4. The number of carbonyl (C=O) groups is 3. The standard InChI is InChI=1S/C23H21N3O4S/c24-23(30)26-17-9-4-8-16(12-17)22(29)25-18-10-5-11-19(13-18)31-20(14-21(27)28)15-6-2-1-3-7-15/h1-13,20H,14H2,(H,25,29)(H,27,28)(H3,24,26,30). The highest BCUT2D eigenvalue weighted by Crippen LogP contribution is 2.38. The molecule has 0 saturated carbocycles. The minimum Gasteiger partial charge on any atom is -0.481 e. The number of amides is 3. The third kappa shape index (κ3) is 6.61. The maximum atomic E-state index is 12.6. The Morgan fingerprint density at radius 3 is 2.23 bits per heavy atom. The average Bonchev–Trinajstić information content (AvgIpc) is 2.73. The van der Waals surface area contributed by atoms with Gasteiger partial charge in [0.2, 0.25) is 0 Å². The number of thioether (sulfide) groups is 1. The third-order valence-electron chi connectivity index (χ3n) is 4.29. The number of carboxylic acids is 1. The van der Waals surface area contributed by atoms with Crippen molar-refractivity contribution in [3.63, 3.8) is 0 Å². The molecule has 3 aromatic carbocycles. The van der Waals surface area contributed by atoms with Crippen molar-refractivity contribution >= 4 is 41.0 Å². The summed E-state index contributed by atoms with van der Waals surface area (Å²) in [4.78, 5) is 35.8. The van der Waals surface area contributed by atoms with Crippen LogP contribution in [0.15, 0.2) is 83.8 Å². The fourth-order valence-corrected chi connectivity index (χ4v) is 4.15. The molecule has 1 atom stereocenters. The molecule has 0 fully saturated rings. The SMILES string of the molecule is NC(=O)Nc1cccc(C(=O)Nc2cccc(SC(CC(=O)O)c3ccccc3)c2)c1. The Kier molecular flexibility index (Phi) is 7.29. The first-order valence-electron chi connectivity index (χ1n) is 9.42. The molecule has 5 N–H and O–H groups in total. The van der Waals surface area contributed by atoms with Crippen LogP contribution < -0.4 is 16.4 Å². The van der Waals surface area contributed by atoms with Gasteiger partial charge in [-0.3, -0.25) is 9.59 Å². The van der Waals surface area contributed by atoms with Crippen LogP contribution in [0, 0.1) is 0 Å². The van der Waals surface area contributed by atoms with Crippen molar-refractivity contribution in [2.24, 2.45) is 5.73 Å². The largest absolute Gasteiger partial charge is 0.481 e. The molecule has 7 nitrogen and oxygen atoms in total. The lowest BCUT2D eigenvalue weighted by Gasteiger charge is -2.16. The second-order valence-corrected chi connectivity index (χ2v) is 7.94. The molecule has 3 rings (SSSR count). The number of carbonyl (C=O) groups excluding carboxylic acids is 2. The van der Waals surface area contributed by atoms with Gasteiger partial charge in [0.25, 0.3) is 5.91 Å². The Hall–Kier alpha value is -3.78. The third-order valence-corrected chi connectivity index (χ3v) is 5.54. The van der Waals surface area contributed by atoms with E-state index in [1.165, 1.54) is 17.8 Å². The minimum absolute atomic E-state index is 0.0229. The fraction of sp³-hybridized carbons (Fsp3) is 0.0870. The number of primary amides is 1. The van der Waals surface area contributed by atoms with E-state index in [-0.39, 0.29) is 17.6 Å². The summed E-state index contributed by atoms with van der Waals surface area (Å²) in [6.07, 6.45) is -0.0229. The molecule has 0 radical (unpaired) electrons. The molecule has 158 valence electrons. The molecular formula is C23H21N3O4S. The van der Waals surface area contributed by atoms with Crippen LogP contribution >= 0.6 is 11.8 Å². The van der Waals surface area contributed by atoms with Crippen molar-refractivity contribution in [1.82, 2.24) is 0 Å². The van der Waals surface area contributed by atoms with E-state index in [1.54, 1.807) is 36.4 Å². The highest BCUT2D eigenvalue weighted by molar-refractivity contribution is 7.99. The highest BCUT2D eigenvalue weighted by atomic mass is 32.2. The van der Waals surface area contributed by atoms with Crippen LogP contribution in [0.1, 0.15) is 27.6 Å². The maximum Gasteiger partial charge on any atom is 0.316 e. The van der Waals surface area contributed by atoms with Gasteiger partial charge in [0.1, 0.15) is 0 Å². The lowest BCUT2D eigenvalue weighted by atomic mass is 10.1. The van der Waals surface area contributed by atoms with Gasteiger partial charge in [-0.25, -0.2) is 4.79 Å². The zero-order valence-corrected chi connectivity index (χ0v) is 17.3. The number of nitrogens with two attached hydrogens (primary N) is 1. The molecule has 0 aliphatic carbocycles.